The highest BCUT2D eigenvalue weighted by Crippen LogP contribution is 2.34. The number of hydrogen-bond donors (Lipinski definition) is 0. The van der Waals surface area contributed by atoms with Crippen molar-refractivity contribution in [2.45, 2.75) is 26.7 Å². The Labute approximate surface area is 261 Å². The summed E-state index contributed by atoms with van der Waals surface area (Å²) in [6.45, 7) is 6.16. The van der Waals surface area contributed by atoms with Gasteiger partial charge >= 0.3 is 0 Å². The standard InChI is InChI=1S/C33H33N5O5S/c1-3-34(4-2)30(39)23-12-11-19-35(22-23)29-18-17-27(38(42)43)20-24(29)21-28-31(40)36(25-13-7-5-8-14-25)33(44)37(32(28)41)26-15-9-6-10-16-26/h5-10,13-18,20-21,23H,3-4,11-12,19,22H2,1-2H3/t23-/m0/s1. The lowest BCUT2D eigenvalue weighted by molar-refractivity contribution is -0.384. The molecular weight excluding hydrogens is 578 g/mol. The predicted octanol–water partition coefficient (Wildman–Crippen LogP) is 5.43. The van der Waals surface area contributed by atoms with E-state index in [2.05, 4.69) is 0 Å². The van der Waals surface area contributed by atoms with Crippen molar-refractivity contribution in [2.24, 2.45) is 5.92 Å². The number of amides is 3. The molecule has 11 heteroatoms. The number of carbonyl (C=O) groups excluding carboxylic acids is 3. The molecule has 0 bridgehead atoms. The van der Waals surface area contributed by atoms with E-state index < -0.39 is 16.7 Å². The van der Waals surface area contributed by atoms with Gasteiger partial charge in [-0.2, -0.15) is 0 Å². The zero-order chi connectivity index (χ0) is 31.4. The maximum atomic E-state index is 14.0. The number of carbonyl (C=O) groups is 3. The predicted molar refractivity (Wildman–Crippen MR) is 174 cm³/mol. The number of nitrogens with zero attached hydrogens (tertiary/aromatic N) is 5. The Morgan fingerprint density at radius 2 is 1.52 bits per heavy atom. The van der Waals surface area contributed by atoms with Crippen LogP contribution < -0.4 is 14.7 Å². The third kappa shape index (κ3) is 5.96. The van der Waals surface area contributed by atoms with Crippen LogP contribution in [-0.4, -0.2) is 58.8 Å². The second-order valence-electron chi connectivity index (χ2n) is 10.6. The molecule has 2 aliphatic rings. The van der Waals surface area contributed by atoms with Crippen LogP contribution in [0, 0.1) is 16.0 Å². The number of piperidine rings is 1. The highest BCUT2D eigenvalue weighted by molar-refractivity contribution is 7.81. The number of non-ortho nitro benzene ring substituents is 1. The first-order chi connectivity index (χ1) is 21.2. The molecule has 0 saturated carbocycles. The van der Waals surface area contributed by atoms with E-state index in [1.165, 1.54) is 28.0 Å². The quantitative estimate of drug-likeness (QED) is 0.110. The molecule has 10 nitrogen and oxygen atoms in total. The van der Waals surface area contributed by atoms with Gasteiger partial charge in [-0.1, -0.05) is 36.4 Å². The molecule has 3 amide bonds. The Morgan fingerprint density at radius 3 is 2.05 bits per heavy atom. The third-order valence-electron chi connectivity index (χ3n) is 7.99. The lowest BCUT2D eigenvalue weighted by Crippen LogP contribution is -2.56. The molecule has 0 aliphatic carbocycles. The van der Waals surface area contributed by atoms with E-state index in [4.69, 9.17) is 12.2 Å². The maximum Gasteiger partial charge on any atom is 0.270 e. The lowest BCUT2D eigenvalue weighted by Gasteiger charge is -2.37. The molecule has 0 spiro atoms. The van der Waals surface area contributed by atoms with Gasteiger partial charge in [0.05, 0.1) is 22.2 Å². The summed E-state index contributed by atoms with van der Waals surface area (Å²) >= 11 is 5.70. The number of nitro groups is 1. The van der Waals surface area contributed by atoms with E-state index in [1.54, 1.807) is 54.6 Å². The number of anilines is 3. The second kappa shape index (κ2) is 13.2. The van der Waals surface area contributed by atoms with Crippen LogP contribution in [0.25, 0.3) is 6.08 Å². The van der Waals surface area contributed by atoms with Crippen molar-refractivity contribution in [3.05, 3.63) is 100 Å². The van der Waals surface area contributed by atoms with Crippen LogP contribution >= 0.6 is 12.2 Å². The van der Waals surface area contributed by atoms with Crippen LogP contribution in [0.5, 0.6) is 0 Å². The molecular formula is C33H33N5O5S. The number of hydrogen-bond acceptors (Lipinski definition) is 7. The summed E-state index contributed by atoms with van der Waals surface area (Å²) in [5, 5.41) is 11.8. The SMILES string of the molecule is CCN(CC)C(=O)[C@H]1CCCN(c2ccc([N+](=O)[O-])cc2C=C2C(=O)N(c3ccccc3)C(=S)N(c3ccccc3)C2=O)C1. The van der Waals surface area contributed by atoms with Crippen LogP contribution in [0.1, 0.15) is 32.3 Å². The average molecular weight is 612 g/mol. The second-order valence-corrected chi connectivity index (χ2v) is 11.0. The van der Waals surface area contributed by atoms with Gasteiger partial charge in [-0.15, -0.1) is 0 Å². The molecule has 5 rings (SSSR count). The fourth-order valence-electron chi connectivity index (χ4n) is 5.74. The molecule has 2 saturated heterocycles. The minimum Gasteiger partial charge on any atom is -0.370 e. The summed E-state index contributed by atoms with van der Waals surface area (Å²) in [4.78, 5) is 59.0. The number of rotatable bonds is 8. The van der Waals surface area contributed by atoms with E-state index in [9.17, 15) is 24.5 Å². The van der Waals surface area contributed by atoms with Crippen molar-refractivity contribution < 1.29 is 19.3 Å². The summed E-state index contributed by atoms with van der Waals surface area (Å²) in [5.74, 6) is -1.44. The molecule has 2 fully saturated rings. The van der Waals surface area contributed by atoms with Crippen molar-refractivity contribution in [3.8, 4) is 0 Å². The fourth-order valence-corrected chi connectivity index (χ4v) is 6.12. The summed E-state index contributed by atoms with van der Waals surface area (Å²) in [7, 11) is 0. The lowest BCUT2D eigenvalue weighted by atomic mass is 9.94. The monoisotopic (exact) mass is 611 g/mol. The molecule has 0 radical (unpaired) electrons. The molecule has 2 heterocycles. The summed E-state index contributed by atoms with van der Waals surface area (Å²) in [6, 6.07) is 22.0. The van der Waals surface area contributed by atoms with Gasteiger partial charge in [0, 0.05) is 49.6 Å². The van der Waals surface area contributed by atoms with Crippen LogP contribution in [0.2, 0.25) is 0 Å². The van der Waals surface area contributed by atoms with Gasteiger partial charge in [0.25, 0.3) is 17.5 Å². The number of benzene rings is 3. The van der Waals surface area contributed by atoms with Crippen molar-refractivity contribution in [1.29, 1.82) is 0 Å². The first kappa shape index (κ1) is 30.6. The van der Waals surface area contributed by atoms with Crippen LogP contribution in [-0.2, 0) is 14.4 Å². The van der Waals surface area contributed by atoms with E-state index in [-0.39, 0.29) is 28.2 Å². The average Bonchev–Trinajstić information content (AvgIpc) is 3.04. The molecule has 0 aromatic heterocycles. The summed E-state index contributed by atoms with van der Waals surface area (Å²) in [5.41, 5.74) is 1.53. The van der Waals surface area contributed by atoms with E-state index in [0.717, 1.165) is 12.8 Å². The molecule has 0 N–H and O–H groups in total. The first-order valence-electron chi connectivity index (χ1n) is 14.6. The van der Waals surface area contributed by atoms with Crippen molar-refractivity contribution in [3.63, 3.8) is 0 Å². The molecule has 2 aliphatic heterocycles. The topological polar surface area (TPSA) is 107 Å². The molecule has 44 heavy (non-hydrogen) atoms. The Hall–Kier alpha value is -4.90. The molecule has 0 unspecified atom stereocenters. The smallest absolute Gasteiger partial charge is 0.270 e. The zero-order valence-electron chi connectivity index (χ0n) is 24.6. The summed E-state index contributed by atoms with van der Waals surface area (Å²) in [6.07, 6.45) is 2.90. The normalized spacial score (nSPS) is 17.1. The number of para-hydroxylation sites is 2. The first-order valence-corrected chi connectivity index (χ1v) is 15.0. The van der Waals surface area contributed by atoms with Crippen LogP contribution in [0.3, 0.4) is 0 Å². The van der Waals surface area contributed by atoms with E-state index in [1.807, 2.05) is 35.8 Å². The molecule has 3 aromatic carbocycles. The Kier molecular flexibility index (Phi) is 9.15. The van der Waals surface area contributed by atoms with Crippen molar-refractivity contribution in [2.75, 3.05) is 40.9 Å². The highest BCUT2D eigenvalue weighted by atomic mass is 32.1. The van der Waals surface area contributed by atoms with Gasteiger partial charge in [-0.05, 0) is 75.3 Å². The van der Waals surface area contributed by atoms with Crippen molar-refractivity contribution in [1.82, 2.24) is 4.90 Å². The largest absolute Gasteiger partial charge is 0.370 e. The van der Waals surface area contributed by atoms with E-state index >= 15 is 0 Å². The summed E-state index contributed by atoms with van der Waals surface area (Å²) < 4.78 is 0. The van der Waals surface area contributed by atoms with Gasteiger partial charge in [0.2, 0.25) is 5.91 Å². The Bertz CT molecular complexity index is 1560. The maximum absolute atomic E-state index is 14.0. The fraction of sp³-hybridized carbons (Fsp3) is 0.273. The Morgan fingerprint density at radius 1 is 0.955 bits per heavy atom. The number of thiocarbonyl (C=S) groups is 1. The molecule has 1 atom stereocenters. The zero-order valence-corrected chi connectivity index (χ0v) is 25.4. The third-order valence-corrected chi connectivity index (χ3v) is 8.35. The van der Waals surface area contributed by atoms with Crippen LogP contribution in [0.15, 0.2) is 84.4 Å². The van der Waals surface area contributed by atoms with Gasteiger partial charge in [-0.25, -0.2) is 0 Å². The molecule has 3 aromatic rings. The van der Waals surface area contributed by atoms with Gasteiger partial charge in [0.15, 0.2) is 5.11 Å². The van der Waals surface area contributed by atoms with Gasteiger partial charge in [-0.3, -0.25) is 34.3 Å². The highest BCUT2D eigenvalue weighted by Gasteiger charge is 2.41. The van der Waals surface area contributed by atoms with Gasteiger partial charge < -0.3 is 9.80 Å². The van der Waals surface area contributed by atoms with Crippen molar-refractivity contribution >= 4 is 63.9 Å². The minimum atomic E-state index is -0.635. The van der Waals surface area contributed by atoms with Gasteiger partial charge in [0.1, 0.15) is 5.57 Å². The molecule has 226 valence electrons. The number of nitro benzene ring substituents is 1. The van der Waals surface area contributed by atoms with Crippen LogP contribution in [0.4, 0.5) is 22.7 Å². The minimum absolute atomic E-state index is 0.00241. The Balaban J connectivity index is 1.61. The van der Waals surface area contributed by atoms with E-state index in [0.29, 0.717) is 48.8 Å².